The van der Waals surface area contributed by atoms with Crippen LogP contribution in [0.15, 0.2) is 29.3 Å². The minimum Gasteiger partial charge on any atom is -0.374 e. The van der Waals surface area contributed by atoms with Gasteiger partial charge in [-0.2, -0.15) is 0 Å². The van der Waals surface area contributed by atoms with Crippen LogP contribution in [0.5, 0.6) is 0 Å². The minimum absolute atomic E-state index is 0.194. The topological polar surface area (TPSA) is 39.7 Å². The lowest BCUT2D eigenvalue weighted by atomic mass is 10.2. The van der Waals surface area contributed by atoms with Crippen LogP contribution < -0.4 is 15.5 Å². The van der Waals surface area contributed by atoms with Crippen molar-refractivity contribution in [1.29, 1.82) is 0 Å². The highest BCUT2D eigenvalue weighted by Gasteiger charge is 2.21. The Hall–Kier alpha value is -1.78. The van der Waals surface area contributed by atoms with Crippen LogP contribution in [0.2, 0.25) is 0 Å². The molecule has 1 fully saturated rings. The summed E-state index contributed by atoms with van der Waals surface area (Å²) in [5, 5.41) is 6.65. The van der Waals surface area contributed by atoms with Crippen LogP contribution >= 0.6 is 0 Å². The van der Waals surface area contributed by atoms with Gasteiger partial charge in [-0.3, -0.25) is 4.99 Å². The number of aliphatic imine (C=N–C) groups is 1. The molecule has 0 saturated heterocycles. The number of rotatable bonds is 7. The fraction of sp³-hybridized carbons (Fsp3) is 0.562. The van der Waals surface area contributed by atoms with Gasteiger partial charge in [-0.15, -0.1) is 0 Å². The number of nitrogens with one attached hydrogen (secondary N) is 2. The standard InChI is InChI=1S/C16H25FN4/c1-3-18-16(20-14-8-9-14)19-10-5-11-21(2)15-7-4-6-13(17)12-15/h4,6-7,12,14H,3,5,8-11H2,1-2H3,(H2,18,19,20). The Kier molecular flexibility index (Phi) is 5.84. The molecule has 2 N–H and O–H groups in total. The van der Waals surface area contributed by atoms with E-state index in [-0.39, 0.29) is 5.82 Å². The number of hydrogen-bond donors (Lipinski definition) is 2. The summed E-state index contributed by atoms with van der Waals surface area (Å²) in [7, 11) is 1.98. The molecule has 1 saturated carbocycles. The Morgan fingerprint density at radius 3 is 2.90 bits per heavy atom. The molecule has 2 rings (SSSR count). The smallest absolute Gasteiger partial charge is 0.191 e. The van der Waals surface area contributed by atoms with Crippen molar-refractivity contribution in [3.63, 3.8) is 0 Å². The number of guanidine groups is 1. The van der Waals surface area contributed by atoms with Gasteiger partial charge < -0.3 is 15.5 Å². The second-order valence-electron chi connectivity index (χ2n) is 5.43. The molecular formula is C16H25FN4. The van der Waals surface area contributed by atoms with Crippen molar-refractivity contribution >= 4 is 11.6 Å². The zero-order valence-electron chi connectivity index (χ0n) is 12.9. The molecule has 0 radical (unpaired) electrons. The van der Waals surface area contributed by atoms with Gasteiger partial charge in [0.2, 0.25) is 0 Å². The fourth-order valence-corrected chi connectivity index (χ4v) is 2.08. The molecule has 0 atom stereocenters. The summed E-state index contributed by atoms with van der Waals surface area (Å²) in [6.45, 7) is 4.57. The van der Waals surface area contributed by atoms with Crippen molar-refractivity contribution in [2.75, 3.05) is 31.6 Å². The zero-order valence-corrected chi connectivity index (χ0v) is 12.9. The lowest BCUT2D eigenvalue weighted by Crippen LogP contribution is -2.38. The Bertz CT molecular complexity index is 471. The van der Waals surface area contributed by atoms with E-state index in [1.165, 1.54) is 18.9 Å². The molecular weight excluding hydrogens is 267 g/mol. The highest BCUT2D eigenvalue weighted by molar-refractivity contribution is 5.80. The SMILES string of the molecule is CCNC(=NCCCN(C)c1cccc(F)c1)NC1CC1. The molecule has 0 unspecified atom stereocenters. The molecule has 5 heteroatoms. The summed E-state index contributed by atoms with van der Waals surface area (Å²) in [4.78, 5) is 6.63. The van der Waals surface area contributed by atoms with E-state index >= 15 is 0 Å². The highest BCUT2D eigenvalue weighted by Crippen LogP contribution is 2.18. The van der Waals surface area contributed by atoms with Gasteiger partial charge in [-0.25, -0.2) is 4.39 Å². The summed E-state index contributed by atoms with van der Waals surface area (Å²) < 4.78 is 13.2. The number of halogens is 1. The maximum absolute atomic E-state index is 13.2. The van der Waals surface area contributed by atoms with E-state index in [0.717, 1.165) is 37.7 Å². The molecule has 116 valence electrons. The predicted molar refractivity (Wildman–Crippen MR) is 86.4 cm³/mol. The largest absolute Gasteiger partial charge is 0.374 e. The van der Waals surface area contributed by atoms with E-state index in [4.69, 9.17) is 0 Å². The lowest BCUT2D eigenvalue weighted by molar-refractivity contribution is 0.627. The fourth-order valence-electron chi connectivity index (χ4n) is 2.08. The van der Waals surface area contributed by atoms with Crippen molar-refractivity contribution in [2.24, 2.45) is 4.99 Å². The molecule has 1 aliphatic carbocycles. The first-order chi connectivity index (χ1) is 10.2. The molecule has 0 aliphatic heterocycles. The van der Waals surface area contributed by atoms with Crippen molar-refractivity contribution < 1.29 is 4.39 Å². The van der Waals surface area contributed by atoms with Crippen LogP contribution in [0, 0.1) is 5.82 Å². The van der Waals surface area contributed by atoms with Crippen molar-refractivity contribution in [1.82, 2.24) is 10.6 Å². The first-order valence-corrected chi connectivity index (χ1v) is 7.70. The van der Waals surface area contributed by atoms with E-state index in [1.807, 2.05) is 13.1 Å². The molecule has 21 heavy (non-hydrogen) atoms. The van der Waals surface area contributed by atoms with Crippen molar-refractivity contribution in [2.45, 2.75) is 32.2 Å². The molecule has 0 spiro atoms. The second-order valence-corrected chi connectivity index (χ2v) is 5.43. The monoisotopic (exact) mass is 292 g/mol. The predicted octanol–water partition coefficient (Wildman–Crippen LogP) is 2.37. The first-order valence-electron chi connectivity index (χ1n) is 7.70. The molecule has 1 aliphatic rings. The van der Waals surface area contributed by atoms with Crippen molar-refractivity contribution in [3.8, 4) is 0 Å². The van der Waals surface area contributed by atoms with E-state index in [0.29, 0.717) is 6.04 Å². The van der Waals surface area contributed by atoms with Crippen LogP contribution in [0.3, 0.4) is 0 Å². The third-order valence-corrected chi connectivity index (χ3v) is 3.43. The molecule has 1 aromatic rings. The van der Waals surface area contributed by atoms with E-state index < -0.39 is 0 Å². The van der Waals surface area contributed by atoms with Gasteiger partial charge in [0, 0.05) is 38.4 Å². The molecule has 0 heterocycles. The first kappa shape index (κ1) is 15.6. The average molecular weight is 292 g/mol. The minimum atomic E-state index is -0.194. The van der Waals surface area contributed by atoms with Gasteiger partial charge >= 0.3 is 0 Å². The highest BCUT2D eigenvalue weighted by atomic mass is 19.1. The summed E-state index contributed by atoms with van der Waals surface area (Å²) >= 11 is 0. The Morgan fingerprint density at radius 1 is 1.43 bits per heavy atom. The summed E-state index contributed by atoms with van der Waals surface area (Å²) in [5.41, 5.74) is 0.905. The van der Waals surface area contributed by atoms with Crippen LogP contribution in [0.4, 0.5) is 10.1 Å². The van der Waals surface area contributed by atoms with Gasteiger partial charge in [0.1, 0.15) is 5.82 Å². The van der Waals surface area contributed by atoms with E-state index in [1.54, 1.807) is 12.1 Å². The number of hydrogen-bond acceptors (Lipinski definition) is 2. The van der Waals surface area contributed by atoms with Gasteiger partial charge in [-0.1, -0.05) is 6.07 Å². The van der Waals surface area contributed by atoms with Crippen LogP contribution in [-0.2, 0) is 0 Å². The van der Waals surface area contributed by atoms with Crippen molar-refractivity contribution in [3.05, 3.63) is 30.1 Å². The number of anilines is 1. The Balaban J connectivity index is 1.74. The third-order valence-electron chi connectivity index (χ3n) is 3.43. The number of nitrogens with zero attached hydrogens (tertiary/aromatic N) is 2. The summed E-state index contributed by atoms with van der Waals surface area (Å²) in [6.07, 6.45) is 3.42. The lowest BCUT2D eigenvalue weighted by Gasteiger charge is -2.19. The van der Waals surface area contributed by atoms with Gasteiger partial charge in [0.05, 0.1) is 0 Å². The van der Waals surface area contributed by atoms with Crippen LogP contribution in [0.25, 0.3) is 0 Å². The molecule has 0 aromatic heterocycles. The third kappa shape index (κ3) is 5.61. The average Bonchev–Trinajstić information content (AvgIpc) is 3.27. The molecule has 4 nitrogen and oxygen atoms in total. The van der Waals surface area contributed by atoms with E-state index in [9.17, 15) is 4.39 Å². The molecule has 0 bridgehead atoms. The normalized spacial score (nSPS) is 14.9. The van der Waals surface area contributed by atoms with Crippen LogP contribution in [-0.4, -0.2) is 38.7 Å². The van der Waals surface area contributed by atoms with Gasteiger partial charge in [0.15, 0.2) is 5.96 Å². The van der Waals surface area contributed by atoms with E-state index in [2.05, 4.69) is 27.4 Å². The Morgan fingerprint density at radius 2 is 2.24 bits per heavy atom. The summed E-state index contributed by atoms with van der Waals surface area (Å²) in [6, 6.07) is 7.29. The van der Waals surface area contributed by atoms with Gasteiger partial charge in [-0.05, 0) is 44.4 Å². The Labute approximate surface area is 126 Å². The molecule has 0 amide bonds. The quantitative estimate of drug-likeness (QED) is 0.460. The summed E-state index contributed by atoms with van der Waals surface area (Å²) in [5.74, 6) is 0.717. The van der Waals surface area contributed by atoms with Crippen LogP contribution in [0.1, 0.15) is 26.2 Å². The van der Waals surface area contributed by atoms with Gasteiger partial charge in [0.25, 0.3) is 0 Å². The zero-order chi connectivity index (χ0) is 15.1. The second kappa shape index (κ2) is 7.86. The molecule has 1 aromatic carbocycles. The maximum atomic E-state index is 13.2. The number of benzene rings is 1. The maximum Gasteiger partial charge on any atom is 0.191 e.